The van der Waals surface area contributed by atoms with Gasteiger partial charge in [0.15, 0.2) is 5.65 Å². The number of rotatable bonds is 4. The van der Waals surface area contributed by atoms with Crippen molar-refractivity contribution in [3.05, 3.63) is 29.7 Å². The minimum absolute atomic E-state index is 0.144. The number of aromatic nitrogens is 3. The van der Waals surface area contributed by atoms with Crippen LogP contribution in [-0.4, -0.2) is 52.1 Å². The Bertz CT molecular complexity index is 693. The van der Waals surface area contributed by atoms with Gasteiger partial charge >= 0.3 is 0 Å². The minimum Gasteiger partial charge on any atom is -0.355 e. The standard InChI is InChI=1S/C17H25N5O/c1-12(2)10-21-8-4-5-13(11-21)15-6-7-19-16-14(17(23)18-3)9-20-22(15)16/h6-7,9,12-13H,4-5,8,10-11H2,1-3H3,(H,18,23)/t13-/m0/s1. The van der Waals surface area contributed by atoms with E-state index in [-0.39, 0.29) is 5.91 Å². The molecule has 3 heterocycles. The molecule has 1 atom stereocenters. The predicted molar refractivity (Wildman–Crippen MR) is 89.6 cm³/mol. The van der Waals surface area contributed by atoms with E-state index in [1.165, 1.54) is 13.0 Å². The highest BCUT2D eigenvalue weighted by Crippen LogP contribution is 2.27. The summed E-state index contributed by atoms with van der Waals surface area (Å²) >= 11 is 0. The molecule has 0 unspecified atom stereocenters. The number of carbonyl (C=O) groups is 1. The van der Waals surface area contributed by atoms with Gasteiger partial charge in [-0.1, -0.05) is 13.8 Å². The Morgan fingerprint density at radius 2 is 2.30 bits per heavy atom. The molecule has 0 radical (unpaired) electrons. The first-order valence-corrected chi connectivity index (χ1v) is 8.37. The minimum atomic E-state index is -0.144. The van der Waals surface area contributed by atoms with E-state index in [0.29, 0.717) is 23.0 Å². The molecule has 0 saturated carbocycles. The number of amides is 1. The van der Waals surface area contributed by atoms with Gasteiger partial charge in [0.25, 0.3) is 5.91 Å². The van der Waals surface area contributed by atoms with E-state index in [4.69, 9.17) is 0 Å². The molecule has 2 aromatic rings. The van der Waals surface area contributed by atoms with Crippen LogP contribution in [0.5, 0.6) is 0 Å². The summed E-state index contributed by atoms with van der Waals surface area (Å²) in [7, 11) is 1.63. The third-order valence-corrected chi connectivity index (χ3v) is 4.45. The Morgan fingerprint density at radius 3 is 3.04 bits per heavy atom. The van der Waals surface area contributed by atoms with Crippen LogP contribution in [-0.2, 0) is 0 Å². The Balaban J connectivity index is 1.90. The van der Waals surface area contributed by atoms with Gasteiger partial charge < -0.3 is 10.2 Å². The topological polar surface area (TPSA) is 62.5 Å². The maximum Gasteiger partial charge on any atom is 0.256 e. The molecule has 1 aliphatic rings. The van der Waals surface area contributed by atoms with E-state index in [0.717, 1.165) is 25.2 Å². The molecule has 1 amide bonds. The molecule has 0 aliphatic carbocycles. The fourth-order valence-corrected chi connectivity index (χ4v) is 3.49. The van der Waals surface area contributed by atoms with Crippen LogP contribution in [0.3, 0.4) is 0 Å². The maximum atomic E-state index is 11.9. The fraction of sp³-hybridized carbons (Fsp3) is 0.588. The summed E-state index contributed by atoms with van der Waals surface area (Å²) in [5.41, 5.74) is 2.32. The molecule has 0 aromatic carbocycles. The van der Waals surface area contributed by atoms with E-state index in [9.17, 15) is 4.79 Å². The van der Waals surface area contributed by atoms with E-state index in [1.54, 1.807) is 19.4 Å². The molecule has 6 nitrogen and oxygen atoms in total. The third kappa shape index (κ3) is 3.22. The zero-order chi connectivity index (χ0) is 16.4. The summed E-state index contributed by atoms with van der Waals surface area (Å²) in [6.45, 7) is 7.88. The van der Waals surface area contributed by atoms with Gasteiger partial charge in [0.05, 0.1) is 11.9 Å². The molecule has 3 rings (SSSR count). The fourth-order valence-electron chi connectivity index (χ4n) is 3.49. The Labute approximate surface area is 136 Å². The lowest BCUT2D eigenvalue weighted by Gasteiger charge is -2.33. The molecule has 1 fully saturated rings. The molecular weight excluding hydrogens is 290 g/mol. The van der Waals surface area contributed by atoms with E-state index in [2.05, 4.69) is 34.1 Å². The number of hydrogen-bond donors (Lipinski definition) is 1. The molecule has 1 N–H and O–H groups in total. The van der Waals surface area contributed by atoms with Crippen LogP contribution < -0.4 is 5.32 Å². The second kappa shape index (κ2) is 6.66. The van der Waals surface area contributed by atoms with Crippen molar-refractivity contribution in [3.63, 3.8) is 0 Å². The van der Waals surface area contributed by atoms with Gasteiger partial charge in [0, 0.05) is 32.3 Å². The van der Waals surface area contributed by atoms with Crippen LogP contribution in [0.25, 0.3) is 5.65 Å². The predicted octanol–water partition coefficient (Wildman–Crippen LogP) is 1.92. The Hall–Kier alpha value is -1.95. The lowest BCUT2D eigenvalue weighted by molar-refractivity contribution is 0.0964. The van der Waals surface area contributed by atoms with Crippen LogP contribution in [0.2, 0.25) is 0 Å². The van der Waals surface area contributed by atoms with Crippen LogP contribution in [0, 0.1) is 5.92 Å². The first kappa shape index (κ1) is 15.9. The zero-order valence-electron chi connectivity index (χ0n) is 14.1. The van der Waals surface area contributed by atoms with Gasteiger partial charge in [-0.3, -0.25) is 4.79 Å². The smallest absolute Gasteiger partial charge is 0.256 e. The molecular formula is C17H25N5O. The summed E-state index contributed by atoms with van der Waals surface area (Å²) < 4.78 is 1.84. The van der Waals surface area contributed by atoms with E-state index >= 15 is 0 Å². The molecule has 1 aliphatic heterocycles. The number of carbonyl (C=O) groups excluding carboxylic acids is 1. The molecule has 6 heteroatoms. The zero-order valence-corrected chi connectivity index (χ0v) is 14.1. The first-order valence-electron chi connectivity index (χ1n) is 8.37. The summed E-state index contributed by atoms with van der Waals surface area (Å²) in [5.74, 6) is 0.968. The number of hydrogen-bond acceptors (Lipinski definition) is 4. The highest BCUT2D eigenvalue weighted by atomic mass is 16.1. The number of likely N-dealkylation sites (tertiary alicyclic amines) is 1. The van der Waals surface area contributed by atoms with Crippen LogP contribution in [0.15, 0.2) is 18.5 Å². The van der Waals surface area contributed by atoms with E-state index < -0.39 is 0 Å². The lowest BCUT2D eigenvalue weighted by Crippen LogP contribution is -2.37. The normalized spacial score (nSPS) is 19.4. The average Bonchev–Trinajstić information content (AvgIpc) is 2.97. The van der Waals surface area contributed by atoms with Crippen molar-refractivity contribution in [2.24, 2.45) is 5.92 Å². The summed E-state index contributed by atoms with van der Waals surface area (Å²) in [4.78, 5) is 18.8. The molecule has 124 valence electrons. The van der Waals surface area contributed by atoms with Crippen molar-refractivity contribution in [3.8, 4) is 0 Å². The van der Waals surface area contributed by atoms with Crippen molar-refractivity contribution in [2.45, 2.75) is 32.6 Å². The largest absolute Gasteiger partial charge is 0.355 e. The SMILES string of the molecule is CNC(=O)c1cnn2c([C@H]3CCCN(CC(C)C)C3)ccnc12. The monoisotopic (exact) mass is 315 g/mol. The second-order valence-corrected chi connectivity index (χ2v) is 6.74. The quantitative estimate of drug-likeness (QED) is 0.936. The van der Waals surface area contributed by atoms with Gasteiger partial charge in [-0.2, -0.15) is 5.10 Å². The van der Waals surface area contributed by atoms with Crippen molar-refractivity contribution in [2.75, 3.05) is 26.7 Å². The Kier molecular flexibility index (Phi) is 4.61. The number of piperidine rings is 1. The maximum absolute atomic E-state index is 11.9. The van der Waals surface area contributed by atoms with Crippen molar-refractivity contribution in [1.29, 1.82) is 0 Å². The van der Waals surface area contributed by atoms with Gasteiger partial charge in [0.2, 0.25) is 0 Å². The van der Waals surface area contributed by atoms with Crippen LogP contribution in [0.1, 0.15) is 48.7 Å². The number of nitrogens with zero attached hydrogens (tertiary/aromatic N) is 4. The Morgan fingerprint density at radius 1 is 1.48 bits per heavy atom. The summed E-state index contributed by atoms with van der Waals surface area (Å²) in [5, 5.41) is 7.07. The van der Waals surface area contributed by atoms with Gasteiger partial charge in [-0.15, -0.1) is 0 Å². The van der Waals surface area contributed by atoms with E-state index in [1.807, 2.05) is 10.6 Å². The molecule has 1 saturated heterocycles. The van der Waals surface area contributed by atoms with Crippen molar-refractivity contribution < 1.29 is 4.79 Å². The lowest BCUT2D eigenvalue weighted by atomic mass is 9.94. The van der Waals surface area contributed by atoms with Gasteiger partial charge in [-0.25, -0.2) is 9.50 Å². The highest BCUT2D eigenvalue weighted by Gasteiger charge is 2.25. The summed E-state index contributed by atoms with van der Waals surface area (Å²) in [6, 6.07) is 2.04. The molecule has 2 aromatic heterocycles. The van der Waals surface area contributed by atoms with Gasteiger partial charge in [0.1, 0.15) is 5.56 Å². The van der Waals surface area contributed by atoms with Crippen molar-refractivity contribution in [1.82, 2.24) is 24.8 Å². The molecule has 0 spiro atoms. The number of nitrogens with one attached hydrogen (secondary N) is 1. The van der Waals surface area contributed by atoms with Gasteiger partial charge in [-0.05, 0) is 31.4 Å². The second-order valence-electron chi connectivity index (χ2n) is 6.74. The van der Waals surface area contributed by atoms with Crippen LogP contribution >= 0.6 is 0 Å². The average molecular weight is 315 g/mol. The molecule has 0 bridgehead atoms. The first-order chi connectivity index (χ1) is 11.1. The van der Waals surface area contributed by atoms with Crippen LogP contribution in [0.4, 0.5) is 0 Å². The number of fused-ring (bicyclic) bond motifs is 1. The highest BCUT2D eigenvalue weighted by molar-refractivity contribution is 5.99. The summed E-state index contributed by atoms with van der Waals surface area (Å²) in [6.07, 6.45) is 5.76. The third-order valence-electron chi connectivity index (χ3n) is 4.45. The molecule has 23 heavy (non-hydrogen) atoms. The van der Waals surface area contributed by atoms with Crippen molar-refractivity contribution >= 4 is 11.6 Å².